The first-order valence-corrected chi connectivity index (χ1v) is 7.20. The molecule has 1 saturated heterocycles. The van der Waals surface area contributed by atoms with Gasteiger partial charge in [-0.05, 0) is 31.9 Å². The first-order valence-electron chi connectivity index (χ1n) is 7.20. The van der Waals surface area contributed by atoms with Crippen LogP contribution >= 0.6 is 0 Å². The highest BCUT2D eigenvalue weighted by Gasteiger charge is 2.29. The highest BCUT2D eigenvalue weighted by atomic mass is 16.1. The van der Waals surface area contributed by atoms with E-state index in [-0.39, 0.29) is 11.8 Å². The molecule has 2 heterocycles. The third-order valence-electron chi connectivity index (χ3n) is 4.01. The minimum atomic E-state index is 0.161. The number of hydrogen-bond donors (Lipinski definition) is 1. The minimum Gasteiger partial charge on any atom is -0.355 e. The van der Waals surface area contributed by atoms with Gasteiger partial charge in [0, 0.05) is 31.5 Å². The number of carbonyl (C=O) groups excluding carboxylic acids is 1. The van der Waals surface area contributed by atoms with E-state index in [0.29, 0.717) is 5.92 Å². The Morgan fingerprint density at radius 1 is 1.30 bits per heavy atom. The van der Waals surface area contributed by atoms with Crippen LogP contribution in [-0.2, 0) is 4.79 Å². The van der Waals surface area contributed by atoms with Crippen LogP contribution in [0.2, 0.25) is 0 Å². The topological polar surface area (TPSA) is 58.1 Å². The molecule has 0 atom stereocenters. The van der Waals surface area contributed by atoms with E-state index in [4.69, 9.17) is 0 Å². The van der Waals surface area contributed by atoms with Gasteiger partial charge in [-0.15, -0.1) is 5.10 Å². The normalized spacial score (nSPS) is 19.1. The molecule has 5 heteroatoms. The van der Waals surface area contributed by atoms with Crippen LogP contribution in [0.3, 0.4) is 0 Å². The van der Waals surface area contributed by atoms with Gasteiger partial charge in [0.25, 0.3) is 0 Å². The molecule has 0 bridgehead atoms. The van der Waals surface area contributed by atoms with Crippen LogP contribution in [0.5, 0.6) is 0 Å². The first-order chi connectivity index (χ1) is 9.72. The number of aryl methyl sites for hydroxylation is 1. The Bertz CT molecular complexity index is 497. The predicted molar refractivity (Wildman–Crippen MR) is 77.3 cm³/mol. The summed E-state index contributed by atoms with van der Waals surface area (Å²) in [5.74, 6) is 1.81. The van der Waals surface area contributed by atoms with Crippen LogP contribution in [-0.4, -0.2) is 35.7 Å². The molecule has 0 saturated carbocycles. The van der Waals surface area contributed by atoms with Gasteiger partial charge in [0.15, 0.2) is 5.82 Å². The Hall–Kier alpha value is -1.91. The van der Waals surface area contributed by atoms with Crippen molar-refractivity contribution in [2.24, 2.45) is 11.8 Å². The van der Waals surface area contributed by atoms with Crippen molar-refractivity contribution in [3.8, 4) is 0 Å². The highest BCUT2D eigenvalue weighted by molar-refractivity contribution is 5.79. The number of nitrogens with one attached hydrogen (secondary N) is 1. The quantitative estimate of drug-likeness (QED) is 0.839. The van der Waals surface area contributed by atoms with Crippen molar-refractivity contribution in [3.63, 3.8) is 0 Å². The molecule has 1 amide bonds. The molecule has 3 rings (SSSR count). The van der Waals surface area contributed by atoms with Crippen molar-refractivity contribution in [2.75, 3.05) is 24.5 Å². The predicted octanol–water partition coefficient (Wildman–Crippen LogP) is 1.30. The van der Waals surface area contributed by atoms with Crippen molar-refractivity contribution in [2.45, 2.75) is 19.8 Å². The van der Waals surface area contributed by atoms with Gasteiger partial charge >= 0.3 is 0 Å². The van der Waals surface area contributed by atoms with Gasteiger partial charge in [0.05, 0.1) is 5.69 Å². The summed E-state index contributed by atoms with van der Waals surface area (Å²) >= 11 is 0. The number of anilines is 1. The molecular formula is C15H20N4O. The van der Waals surface area contributed by atoms with E-state index in [2.05, 4.69) is 32.6 Å². The number of allylic oxidation sites excluding steroid dienone is 2. The number of hydrogen-bond acceptors (Lipinski definition) is 4. The van der Waals surface area contributed by atoms with E-state index in [1.807, 2.05) is 19.1 Å². The number of amides is 1. The zero-order chi connectivity index (χ0) is 13.9. The van der Waals surface area contributed by atoms with Crippen LogP contribution in [0.25, 0.3) is 0 Å². The first kappa shape index (κ1) is 13.1. The lowest BCUT2D eigenvalue weighted by atomic mass is 9.99. The maximum atomic E-state index is 11.9. The van der Waals surface area contributed by atoms with Crippen LogP contribution in [0.15, 0.2) is 24.3 Å². The van der Waals surface area contributed by atoms with Gasteiger partial charge in [-0.2, -0.15) is 5.10 Å². The lowest BCUT2D eigenvalue weighted by molar-refractivity contribution is -0.124. The lowest BCUT2D eigenvalue weighted by Gasteiger charge is -2.40. The molecule has 0 unspecified atom stereocenters. The Labute approximate surface area is 119 Å². The van der Waals surface area contributed by atoms with Crippen LogP contribution < -0.4 is 10.2 Å². The van der Waals surface area contributed by atoms with Gasteiger partial charge in [-0.25, -0.2) is 0 Å². The summed E-state index contributed by atoms with van der Waals surface area (Å²) in [5, 5.41) is 11.3. The summed E-state index contributed by atoms with van der Waals surface area (Å²) in [6.45, 7) is 4.59. The Morgan fingerprint density at radius 2 is 2.05 bits per heavy atom. The van der Waals surface area contributed by atoms with Gasteiger partial charge in [0.2, 0.25) is 5.91 Å². The van der Waals surface area contributed by atoms with Crippen molar-refractivity contribution in [3.05, 3.63) is 30.0 Å². The van der Waals surface area contributed by atoms with E-state index < -0.39 is 0 Å². The standard InChI is InChI=1S/C15H20N4O/c1-11-6-7-14(18-17-11)19-9-12(10-19)8-16-15(20)13-4-2-3-5-13/h2-3,6-7,12-13H,4-5,8-10H2,1H3,(H,16,20). The molecule has 106 valence electrons. The second-order valence-electron chi connectivity index (χ2n) is 5.69. The summed E-state index contributed by atoms with van der Waals surface area (Å²) in [7, 11) is 0. The van der Waals surface area contributed by atoms with Crippen molar-refractivity contribution in [1.82, 2.24) is 15.5 Å². The van der Waals surface area contributed by atoms with E-state index in [1.165, 1.54) is 0 Å². The van der Waals surface area contributed by atoms with Crippen molar-refractivity contribution >= 4 is 11.7 Å². The molecule has 1 aliphatic heterocycles. The molecule has 1 N–H and O–H groups in total. The molecule has 0 aromatic carbocycles. The average Bonchev–Trinajstić information content (AvgIpc) is 2.92. The van der Waals surface area contributed by atoms with Crippen molar-refractivity contribution < 1.29 is 4.79 Å². The molecule has 1 aromatic rings. The number of aromatic nitrogens is 2. The average molecular weight is 272 g/mol. The highest BCUT2D eigenvalue weighted by Crippen LogP contribution is 2.22. The van der Waals surface area contributed by atoms with Gasteiger partial charge in [-0.3, -0.25) is 4.79 Å². The number of rotatable bonds is 4. The fourth-order valence-corrected chi connectivity index (χ4v) is 2.67. The lowest BCUT2D eigenvalue weighted by Crippen LogP contribution is -2.52. The third kappa shape index (κ3) is 2.81. The Balaban J connectivity index is 1.40. The molecule has 0 radical (unpaired) electrons. The molecule has 1 aromatic heterocycles. The maximum Gasteiger partial charge on any atom is 0.223 e. The molecule has 0 spiro atoms. The smallest absolute Gasteiger partial charge is 0.223 e. The second-order valence-corrected chi connectivity index (χ2v) is 5.69. The van der Waals surface area contributed by atoms with Crippen LogP contribution in [0.4, 0.5) is 5.82 Å². The number of nitrogens with zero attached hydrogens (tertiary/aromatic N) is 3. The minimum absolute atomic E-state index is 0.161. The fraction of sp³-hybridized carbons (Fsp3) is 0.533. The maximum absolute atomic E-state index is 11.9. The Kier molecular flexibility index (Phi) is 3.67. The molecule has 1 fully saturated rings. The molecule has 1 aliphatic carbocycles. The van der Waals surface area contributed by atoms with E-state index in [1.54, 1.807) is 0 Å². The SMILES string of the molecule is Cc1ccc(N2CC(CNC(=O)C3CC=CC3)C2)nn1. The number of carbonyl (C=O) groups is 1. The monoisotopic (exact) mass is 272 g/mol. The zero-order valence-electron chi connectivity index (χ0n) is 11.7. The van der Waals surface area contributed by atoms with Gasteiger partial charge < -0.3 is 10.2 Å². The van der Waals surface area contributed by atoms with Gasteiger partial charge in [-0.1, -0.05) is 12.2 Å². The zero-order valence-corrected chi connectivity index (χ0v) is 11.7. The molecule has 20 heavy (non-hydrogen) atoms. The van der Waals surface area contributed by atoms with Crippen LogP contribution in [0, 0.1) is 18.8 Å². The van der Waals surface area contributed by atoms with Crippen molar-refractivity contribution in [1.29, 1.82) is 0 Å². The fourth-order valence-electron chi connectivity index (χ4n) is 2.67. The van der Waals surface area contributed by atoms with E-state index in [9.17, 15) is 4.79 Å². The van der Waals surface area contributed by atoms with E-state index >= 15 is 0 Å². The molecule has 2 aliphatic rings. The summed E-state index contributed by atoms with van der Waals surface area (Å²) in [5.41, 5.74) is 0.934. The summed E-state index contributed by atoms with van der Waals surface area (Å²) in [6, 6.07) is 3.98. The summed E-state index contributed by atoms with van der Waals surface area (Å²) in [4.78, 5) is 14.1. The second kappa shape index (κ2) is 5.61. The molecular weight excluding hydrogens is 252 g/mol. The largest absolute Gasteiger partial charge is 0.355 e. The molecule has 5 nitrogen and oxygen atoms in total. The summed E-state index contributed by atoms with van der Waals surface area (Å²) in [6.07, 6.45) is 5.96. The van der Waals surface area contributed by atoms with E-state index in [0.717, 1.165) is 44.0 Å². The Morgan fingerprint density at radius 3 is 2.70 bits per heavy atom. The third-order valence-corrected chi connectivity index (χ3v) is 4.01. The van der Waals surface area contributed by atoms with Gasteiger partial charge in [0.1, 0.15) is 0 Å². The summed E-state index contributed by atoms with van der Waals surface area (Å²) < 4.78 is 0. The van der Waals surface area contributed by atoms with Crippen LogP contribution in [0.1, 0.15) is 18.5 Å².